The van der Waals surface area contributed by atoms with Crippen LogP contribution in [0.15, 0.2) is 48.5 Å². The lowest BCUT2D eigenvalue weighted by Gasteiger charge is -2.21. The maximum absolute atomic E-state index is 13.1. The fourth-order valence-electron chi connectivity index (χ4n) is 5.59. The van der Waals surface area contributed by atoms with Crippen LogP contribution >= 0.6 is 0 Å². The van der Waals surface area contributed by atoms with E-state index in [1.165, 1.54) is 24.0 Å². The van der Waals surface area contributed by atoms with Crippen LogP contribution < -0.4 is 0 Å². The Balaban J connectivity index is 1.07. The van der Waals surface area contributed by atoms with Gasteiger partial charge in [-0.2, -0.15) is 15.4 Å². The zero-order valence-electron chi connectivity index (χ0n) is 19.2. The predicted octanol–water partition coefficient (Wildman–Crippen LogP) is 3.86. The van der Waals surface area contributed by atoms with Crippen molar-refractivity contribution in [1.82, 2.24) is 25.2 Å². The molecule has 2 aromatic carbocycles. The van der Waals surface area contributed by atoms with E-state index in [0.717, 1.165) is 44.5 Å². The van der Waals surface area contributed by atoms with Crippen LogP contribution in [-0.4, -0.2) is 63.2 Å². The molecule has 2 saturated heterocycles. The van der Waals surface area contributed by atoms with Crippen molar-refractivity contribution in [3.63, 3.8) is 0 Å². The maximum atomic E-state index is 13.1. The van der Waals surface area contributed by atoms with Crippen molar-refractivity contribution in [3.8, 4) is 0 Å². The number of likely N-dealkylation sites (tertiary alicyclic amines) is 2. The van der Waals surface area contributed by atoms with Gasteiger partial charge in [-0.1, -0.05) is 24.3 Å². The van der Waals surface area contributed by atoms with Gasteiger partial charge in [-0.15, -0.1) is 0 Å². The number of hydrogen-bond donors (Lipinski definition) is 1. The average molecular weight is 456 g/mol. The number of benzene rings is 2. The van der Waals surface area contributed by atoms with E-state index in [-0.39, 0.29) is 11.8 Å². The lowest BCUT2D eigenvalue weighted by Crippen LogP contribution is -2.33. The van der Waals surface area contributed by atoms with Crippen molar-refractivity contribution in [2.45, 2.75) is 31.6 Å². The number of aromatic amines is 1. The van der Waals surface area contributed by atoms with Gasteiger partial charge in [0.2, 0.25) is 5.91 Å². The molecule has 1 aromatic heterocycles. The second-order valence-electron chi connectivity index (χ2n) is 9.90. The smallest absolute Gasteiger partial charge is 0.253 e. The number of amides is 2. The molecule has 6 rings (SSSR count). The first-order valence-corrected chi connectivity index (χ1v) is 12.3. The number of aromatic nitrogens is 3. The summed E-state index contributed by atoms with van der Waals surface area (Å²) in [6, 6.07) is 13.9. The molecule has 2 amide bonds. The van der Waals surface area contributed by atoms with E-state index >= 15 is 0 Å². The van der Waals surface area contributed by atoms with Crippen molar-refractivity contribution in [1.29, 1.82) is 0 Å². The Morgan fingerprint density at radius 1 is 0.882 bits per heavy atom. The second-order valence-corrected chi connectivity index (χ2v) is 9.90. The van der Waals surface area contributed by atoms with Gasteiger partial charge in [0, 0.05) is 37.8 Å². The summed E-state index contributed by atoms with van der Waals surface area (Å²) in [5.74, 6) is 1.70. The summed E-state index contributed by atoms with van der Waals surface area (Å²) in [5.41, 5.74) is 4.66. The number of nitrogens with zero attached hydrogens (tertiary/aromatic N) is 4. The summed E-state index contributed by atoms with van der Waals surface area (Å²) >= 11 is 0. The lowest BCUT2D eigenvalue weighted by atomic mass is 9.92. The highest BCUT2D eigenvalue weighted by Gasteiger charge is 2.37. The van der Waals surface area contributed by atoms with Gasteiger partial charge in [-0.3, -0.25) is 9.59 Å². The molecule has 3 heterocycles. The normalized spacial score (nSPS) is 22.8. The minimum absolute atomic E-state index is 0.0585. The number of fused-ring (bicyclic) bond motifs is 2. The Hall–Kier alpha value is -3.48. The minimum Gasteiger partial charge on any atom is -0.339 e. The third-order valence-corrected chi connectivity index (χ3v) is 7.70. The molecule has 0 radical (unpaired) electrons. The molecule has 0 spiro atoms. The van der Waals surface area contributed by atoms with Crippen LogP contribution in [0.5, 0.6) is 0 Å². The Morgan fingerprint density at radius 2 is 1.62 bits per heavy atom. The standard InChI is InChI=1S/C27H29N5O2/c33-26(10-8-18-3-1-2-4-23(18)19-5-6-19)31-13-11-21-16-32(17-22(21)12-14-31)27(34)20-7-9-24-25(15-20)29-30-28-24/h1-4,7-10,15,19,21-22H,5-6,11-14,16-17H2,(H,28,29,30)/b10-8+. The maximum Gasteiger partial charge on any atom is 0.253 e. The van der Waals surface area contributed by atoms with Crippen molar-refractivity contribution < 1.29 is 9.59 Å². The van der Waals surface area contributed by atoms with Crippen molar-refractivity contribution in [3.05, 3.63) is 65.2 Å². The van der Waals surface area contributed by atoms with Crippen LogP contribution in [0.2, 0.25) is 0 Å². The van der Waals surface area contributed by atoms with Gasteiger partial charge in [0.15, 0.2) is 0 Å². The number of hydrogen-bond acceptors (Lipinski definition) is 4. The summed E-state index contributed by atoms with van der Waals surface area (Å²) in [6.07, 6.45) is 8.13. The molecule has 34 heavy (non-hydrogen) atoms. The summed E-state index contributed by atoms with van der Waals surface area (Å²) < 4.78 is 0. The van der Waals surface area contributed by atoms with E-state index in [4.69, 9.17) is 0 Å². The Labute approximate surface area is 198 Å². The number of H-pyrrole nitrogens is 1. The quantitative estimate of drug-likeness (QED) is 0.606. The molecular weight excluding hydrogens is 426 g/mol. The molecule has 3 fully saturated rings. The molecule has 7 nitrogen and oxygen atoms in total. The number of carbonyl (C=O) groups excluding carboxylic acids is 2. The molecule has 2 aliphatic heterocycles. The molecule has 3 aromatic rings. The molecule has 1 aliphatic carbocycles. The molecule has 2 unspecified atom stereocenters. The van der Waals surface area contributed by atoms with E-state index < -0.39 is 0 Å². The Morgan fingerprint density at radius 3 is 2.38 bits per heavy atom. The summed E-state index contributed by atoms with van der Waals surface area (Å²) in [7, 11) is 0. The average Bonchev–Trinajstić information content (AvgIpc) is 3.52. The van der Waals surface area contributed by atoms with Crippen LogP contribution in [0.25, 0.3) is 17.1 Å². The van der Waals surface area contributed by atoms with E-state index in [1.807, 2.05) is 40.1 Å². The fraction of sp³-hybridized carbons (Fsp3) is 0.407. The van der Waals surface area contributed by atoms with E-state index in [1.54, 1.807) is 6.08 Å². The van der Waals surface area contributed by atoms with Gasteiger partial charge in [-0.25, -0.2) is 0 Å². The molecule has 1 saturated carbocycles. The van der Waals surface area contributed by atoms with Gasteiger partial charge >= 0.3 is 0 Å². The van der Waals surface area contributed by atoms with Crippen LogP contribution in [0.1, 0.15) is 53.1 Å². The van der Waals surface area contributed by atoms with Gasteiger partial charge in [-0.05, 0) is 78.8 Å². The van der Waals surface area contributed by atoms with Gasteiger partial charge in [0.05, 0.1) is 0 Å². The second kappa shape index (κ2) is 8.70. The van der Waals surface area contributed by atoms with E-state index in [9.17, 15) is 9.59 Å². The largest absolute Gasteiger partial charge is 0.339 e. The third kappa shape index (κ3) is 4.11. The molecule has 0 bridgehead atoms. The zero-order valence-corrected chi connectivity index (χ0v) is 19.2. The number of rotatable bonds is 4. The van der Waals surface area contributed by atoms with Gasteiger partial charge < -0.3 is 9.80 Å². The van der Waals surface area contributed by atoms with Crippen LogP contribution in [0.4, 0.5) is 0 Å². The molecule has 7 heteroatoms. The summed E-state index contributed by atoms with van der Waals surface area (Å²) in [5, 5.41) is 10.8. The highest BCUT2D eigenvalue weighted by molar-refractivity contribution is 5.97. The first-order valence-electron chi connectivity index (χ1n) is 12.3. The monoisotopic (exact) mass is 455 g/mol. The highest BCUT2D eigenvalue weighted by Crippen LogP contribution is 2.42. The molecule has 3 aliphatic rings. The fourth-order valence-corrected chi connectivity index (χ4v) is 5.59. The third-order valence-electron chi connectivity index (χ3n) is 7.70. The topological polar surface area (TPSA) is 82.2 Å². The number of nitrogens with one attached hydrogen (secondary N) is 1. The molecule has 2 atom stereocenters. The van der Waals surface area contributed by atoms with Crippen molar-refractivity contribution >= 4 is 28.9 Å². The summed E-state index contributed by atoms with van der Waals surface area (Å²) in [4.78, 5) is 30.0. The van der Waals surface area contributed by atoms with Gasteiger partial charge in [0.25, 0.3) is 5.91 Å². The molecular formula is C27H29N5O2. The first kappa shape index (κ1) is 21.1. The SMILES string of the molecule is O=C(/C=C/c1ccccc1C1CC1)N1CCC2CN(C(=O)c3ccc4n[nH]nc4c3)CC2CC1. The molecule has 174 valence electrons. The van der Waals surface area contributed by atoms with Crippen LogP contribution in [0.3, 0.4) is 0 Å². The van der Waals surface area contributed by atoms with Crippen LogP contribution in [0, 0.1) is 11.8 Å². The van der Waals surface area contributed by atoms with E-state index in [2.05, 4.69) is 33.6 Å². The minimum atomic E-state index is 0.0585. The zero-order chi connectivity index (χ0) is 23.1. The Kier molecular flexibility index (Phi) is 5.40. The molecule has 1 N–H and O–H groups in total. The Bertz CT molecular complexity index is 1240. The van der Waals surface area contributed by atoms with Crippen LogP contribution in [-0.2, 0) is 4.79 Å². The summed E-state index contributed by atoms with van der Waals surface area (Å²) in [6.45, 7) is 3.02. The van der Waals surface area contributed by atoms with Crippen molar-refractivity contribution in [2.24, 2.45) is 11.8 Å². The van der Waals surface area contributed by atoms with Crippen molar-refractivity contribution in [2.75, 3.05) is 26.2 Å². The van der Waals surface area contributed by atoms with E-state index in [0.29, 0.717) is 28.8 Å². The van der Waals surface area contributed by atoms with Gasteiger partial charge in [0.1, 0.15) is 11.0 Å². The first-order chi connectivity index (χ1) is 16.7. The highest BCUT2D eigenvalue weighted by atomic mass is 16.2. The predicted molar refractivity (Wildman–Crippen MR) is 130 cm³/mol. The number of carbonyl (C=O) groups is 2. The lowest BCUT2D eigenvalue weighted by molar-refractivity contribution is -0.126.